The van der Waals surface area contributed by atoms with Gasteiger partial charge in [0.1, 0.15) is 18.0 Å². The molecule has 0 aliphatic heterocycles. The van der Waals surface area contributed by atoms with Gasteiger partial charge in [-0.05, 0) is 24.6 Å². The molecular weight excluding hydrogens is 252 g/mol. The van der Waals surface area contributed by atoms with E-state index in [0.717, 1.165) is 29.0 Å². The lowest BCUT2D eigenvalue weighted by Crippen LogP contribution is -2.12. The quantitative estimate of drug-likeness (QED) is 0.632. The lowest BCUT2D eigenvalue weighted by Gasteiger charge is -2.16. The smallest absolute Gasteiger partial charge is 0.137 e. The van der Waals surface area contributed by atoms with Crippen LogP contribution in [0, 0.1) is 0 Å². The van der Waals surface area contributed by atoms with Crippen LogP contribution < -0.4 is 11.1 Å². The van der Waals surface area contributed by atoms with Crippen molar-refractivity contribution in [1.29, 1.82) is 0 Å². The zero-order valence-electron chi connectivity index (χ0n) is 11.2. The fourth-order valence-corrected chi connectivity index (χ4v) is 2.19. The summed E-state index contributed by atoms with van der Waals surface area (Å²) in [5, 5.41) is 4.36. The van der Waals surface area contributed by atoms with Crippen LogP contribution in [-0.2, 0) is 0 Å². The molecule has 20 heavy (non-hydrogen) atoms. The van der Waals surface area contributed by atoms with Crippen molar-refractivity contribution in [2.45, 2.75) is 19.4 Å². The molecule has 0 fully saturated rings. The molecule has 2 heterocycles. The van der Waals surface area contributed by atoms with Crippen molar-refractivity contribution in [2.24, 2.45) is 0 Å². The molecule has 0 saturated heterocycles. The lowest BCUT2D eigenvalue weighted by molar-refractivity contribution is 0.701. The number of H-pyrrole nitrogens is 1. The van der Waals surface area contributed by atoms with Gasteiger partial charge in [0.05, 0.1) is 11.6 Å². The van der Waals surface area contributed by atoms with E-state index in [-0.39, 0.29) is 6.04 Å². The van der Waals surface area contributed by atoms with Crippen molar-refractivity contribution in [3.63, 3.8) is 0 Å². The van der Waals surface area contributed by atoms with E-state index in [1.54, 1.807) is 12.5 Å². The van der Waals surface area contributed by atoms with E-state index >= 15 is 0 Å². The first-order valence-corrected chi connectivity index (χ1v) is 6.54. The van der Waals surface area contributed by atoms with E-state index in [9.17, 15) is 0 Å². The van der Waals surface area contributed by atoms with Gasteiger partial charge in [-0.2, -0.15) is 0 Å². The third-order valence-electron chi connectivity index (χ3n) is 3.23. The molecule has 0 saturated carbocycles. The summed E-state index contributed by atoms with van der Waals surface area (Å²) in [7, 11) is 0. The zero-order valence-corrected chi connectivity index (χ0v) is 11.2. The minimum absolute atomic E-state index is 0.0839. The molecule has 0 spiro atoms. The maximum absolute atomic E-state index is 5.78. The first-order valence-electron chi connectivity index (χ1n) is 6.54. The Hall–Kier alpha value is -2.63. The van der Waals surface area contributed by atoms with E-state index in [1.807, 2.05) is 24.4 Å². The monoisotopic (exact) mass is 268 g/mol. The normalized spacial score (nSPS) is 12.4. The molecule has 102 valence electrons. The van der Waals surface area contributed by atoms with Crippen LogP contribution in [0.1, 0.15) is 25.2 Å². The Balaban J connectivity index is 1.98. The number of anilines is 2. The summed E-state index contributed by atoms with van der Waals surface area (Å²) in [5.41, 5.74) is 7.31. The number of nitrogens with zero attached hydrogens (tertiary/aromatic N) is 3. The molecule has 0 radical (unpaired) electrons. The molecule has 1 atom stereocenters. The van der Waals surface area contributed by atoms with Crippen LogP contribution in [0.3, 0.4) is 0 Å². The van der Waals surface area contributed by atoms with Gasteiger partial charge >= 0.3 is 0 Å². The van der Waals surface area contributed by atoms with Gasteiger partial charge in [-0.3, -0.25) is 0 Å². The number of hydrogen-bond acceptors (Lipinski definition) is 5. The Bertz CT molecular complexity index is 707. The second-order valence-corrected chi connectivity index (χ2v) is 4.58. The molecule has 0 aliphatic carbocycles. The average Bonchev–Trinajstić information content (AvgIpc) is 2.98. The Labute approximate surface area is 116 Å². The molecule has 3 rings (SSSR count). The minimum Gasteiger partial charge on any atom is -0.399 e. The van der Waals surface area contributed by atoms with E-state index in [1.165, 1.54) is 0 Å². The second-order valence-electron chi connectivity index (χ2n) is 4.58. The van der Waals surface area contributed by atoms with Crippen LogP contribution in [0.5, 0.6) is 0 Å². The molecule has 6 nitrogen and oxygen atoms in total. The van der Waals surface area contributed by atoms with Crippen LogP contribution in [0.25, 0.3) is 10.9 Å². The number of nitrogens with two attached hydrogens (primary N) is 1. The number of hydrogen-bond donors (Lipinski definition) is 3. The number of fused-ring (bicyclic) bond motifs is 1. The molecule has 0 bridgehead atoms. The molecule has 1 aromatic carbocycles. The third-order valence-corrected chi connectivity index (χ3v) is 3.23. The summed E-state index contributed by atoms with van der Waals surface area (Å²) in [6.07, 6.45) is 6.00. The number of nitrogen functional groups attached to an aromatic ring is 1. The standard InChI is InChI=1S/C14H16N6/c1-2-11(14-16-5-6-17-14)20-13-10-4-3-9(15)7-12(10)18-8-19-13/h3-8,11H,2,15H2,1H3,(H,16,17)(H,18,19,20). The van der Waals surface area contributed by atoms with Crippen molar-refractivity contribution in [3.05, 3.63) is 42.7 Å². The average molecular weight is 268 g/mol. The van der Waals surface area contributed by atoms with Gasteiger partial charge in [0, 0.05) is 23.5 Å². The number of benzene rings is 1. The number of aromatic amines is 1. The van der Waals surface area contributed by atoms with Crippen molar-refractivity contribution in [3.8, 4) is 0 Å². The molecular formula is C14H16N6. The van der Waals surface area contributed by atoms with Gasteiger partial charge in [-0.1, -0.05) is 6.92 Å². The van der Waals surface area contributed by atoms with Crippen LogP contribution in [-0.4, -0.2) is 19.9 Å². The molecule has 4 N–H and O–H groups in total. The second kappa shape index (κ2) is 5.16. The van der Waals surface area contributed by atoms with Gasteiger partial charge in [0.25, 0.3) is 0 Å². The van der Waals surface area contributed by atoms with Crippen LogP contribution in [0.2, 0.25) is 0 Å². The van der Waals surface area contributed by atoms with Gasteiger partial charge in [0.2, 0.25) is 0 Å². The summed E-state index contributed by atoms with van der Waals surface area (Å²) in [6.45, 7) is 2.10. The van der Waals surface area contributed by atoms with Crippen molar-refractivity contribution >= 4 is 22.4 Å². The Morgan fingerprint density at radius 1 is 1.30 bits per heavy atom. The van der Waals surface area contributed by atoms with Crippen LogP contribution in [0.15, 0.2) is 36.9 Å². The molecule has 0 amide bonds. The van der Waals surface area contributed by atoms with Crippen LogP contribution in [0.4, 0.5) is 11.5 Å². The highest BCUT2D eigenvalue weighted by molar-refractivity contribution is 5.90. The van der Waals surface area contributed by atoms with Gasteiger partial charge < -0.3 is 16.0 Å². The van der Waals surface area contributed by atoms with Crippen molar-refractivity contribution < 1.29 is 0 Å². The minimum atomic E-state index is 0.0839. The van der Waals surface area contributed by atoms with E-state index in [4.69, 9.17) is 5.73 Å². The molecule has 1 unspecified atom stereocenters. The van der Waals surface area contributed by atoms with Crippen molar-refractivity contribution in [2.75, 3.05) is 11.1 Å². The number of rotatable bonds is 4. The third kappa shape index (κ3) is 2.27. The Kier molecular flexibility index (Phi) is 3.20. The van der Waals surface area contributed by atoms with Crippen molar-refractivity contribution in [1.82, 2.24) is 19.9 Å². The molecule has 6 heteroatoms. The van der Waals surface area contributed by atoms with Gasteiger partial charge in [-0.25, -0.2) is 15.0 Å². The molecule has 3 aromatic rings. The zero-order chi connectivity index (χ0) is 13.9. The predicted molar refractivity (Wildman–Crippen MR) is 79.2 cm³/mol. The first kappa shape index (κ1) is 12.4. The lowest BCUT2D eigenvalue weighted by atomic mass is 10.1. The molecule has 0 aliphatic rings. The summed E-state index contributed by atoms with van der Waals surface area (Å²) in [6, 6.07) is 5.71. The fraction of sp³-hybridized carbons (Fsp3) is 0.214. The highest BCUT2D eigenvalue weighted by Gasteiger charge is 2.13. The van der Waals surface area contributed by atoms with E-state index in [2.05, 4.69) is 32.2 Å². The largest absolute Gasteiger partial charge is 0.399 e. The predicted octanol–water partition coefficient (Wildman–Crippen LogP) is 2.50. The summed E-state index contributed by atoms with van der Waals surface area (Å²) >= 11 is 0. The summed E-state index contributed by atoms with van der Waals surface area (Å²) in [5.74, 6) is 1.69. The SMILES string of the molecule is CCC(Nc1ncnc2cc(N)ccc12)c1ncc[nH]1. The Morgan fingerprint density at radius 3 is 2.95 bits per heavy atom. The number of imidazole rings is 1. The van der Waals surface area contributed by atoms with E-state index in [0.29, 0.717) is 5.69 Å². The maximum atomic E-state index is 5.78. The van der Waals surface area contributed by atoms with Gasteiger partial charge in [-0.15, -0.1) is 0 Å². The van der Waals surface area contributed by atoms with Gasteiger partial charge in [0.15, 0.2) is 0 Å². The topological polar surface area (TPSA) is 92.5 Å². The first-order chi connectivity index (χ1) is 9.78. The Morgan fingerprint density at radius 2 is 2.20 bits per heavy atom. The molecule has 2 aromatic heterocycles. The van der Waals surface area contributed by atoms with E-state index < -0.39 is 0 Å². The maximum Gasteiger partial charge on any atom is 0.137 e. The summed E-state index contributed by atoms with van der Waals surface area (Å²) < 4.78 is 0. The van der Waals surface area contributed by atoms with Crippen LogP contribution >= 0.6 is 0 Å². The summed E-state index contributed by atoms with van der Waals surface area (Å²) in [4.78, 5) is 16.0. The highest BCUT2D eigenvalue weighted by atomic mass is 15.1. The fourth-order valence-electron chi connectivity index (χ4n) is 2.19. The number of aromatic nitrogens is 4. The number of nitrogens with one attached hydrogen (secondary N) is 2. The highest BCUT2D eigenvalue weighted by Crippen LogP contribution is 2.25.